The van der Waals surface area contributed by atoms with Gasteiger partial charge in [0, 0.05) is 33.7 Å². The number of amides is 2. The van der Waals surface area contributed by atoms with Crippen molar-refractivity contribution in [1.29, 1.82) is 0 Å². The number of carbonyl (C=O) groups excluding carboxylic acids is 4. The quantitative estimate of drug-likeness (QED) is 0.238. The van der Waals surface area contributed by atoms with Crippen LogP contribution in [0, 0.1) is 10.8 Å². The maximum Gasteiger partial charge on any atom is 0.323 e. The molecule has 224 valence electrons. The summed E-state index contributed by atoms with van der Waals surface area (Å²) in [6.07, 6.45) is 3.43. The minimum Gasteiger partial charge on any atom is -0.468 e. The van der Waals surface area contributed by atoms with Crippen molar-refractivity contribution in [2.45, 2.75) is 99.1 Å². The molecule has 0 aromatic rings. The average Bonchev–Trinajstić information content (AvgIpc) is 2.80. The molecule has 0 bridgehead atoms. The lowest BCUT2D eigenvalue weighted by Gasteiger charge is -2.25. The Morgan fingerprint density at radius 3 is 1.50 bits per heavy atom. The molecule has 2 unspecified atom stereocenters. The number of esters is 2. The number of hydrogen-bond acceptors (Lipinski definition) is 8. The second-order valence-electron chi connectivity index (χ2n) is 12.6. The molecule has 0 aliphatic carbocycles. The van der Waals surface area contributed by atoms with Crippen LogP contribution in [0.4, 0.5) is 0 Å². The zero-order valence-corrected chi connectivity index (χ0v) is 25.9. The van der Waals surface area contributed by atoms with Crippen LogP contribution in [0.15, 0.2) is 0 Å². The van der Waals surface area contributed by atoms with Gasteiger partial charge < -0.3 is 30.3 Å². The number of rotatable bonds is 15. The lowest BCUT2D eigenvalue weighted by molar-refractivity contribution is -0.146. The summed E-state index contributed by atoms with van der Waals surface area (Å²) in [5.74, 6) is -1.34. The lowest BCUT2D eigenvalue weighted by atomic mass is 9.96. The van der Waals surface area contributed by atoms with Gasteiger partial charge in [-0.3, -0.25) is 19.2 Å². The van der Waals surface area contributed by atoms with Gasteiger partial charge in [0.25, 0.3) is 0 Å². The van der Waals surface area contributed by atoms with E-state index in [0.717, 1.165) is 25.7 Å². The van der Waals surface area contributed by atoms with Crippen LogP contribution in [-0.2, 0) is 28.7 Å². The van der Waals surface area contributed by atoms with E-state index in [1.165, 1.54) is 14.2 Å². The zero-order valence-electron chi connectivity index (χ0n) is 25.9. The minimum atomic E-state index is -0.944. The molecule has 0 heterocycles. The molecule has 0 aliphatic rings. The summed E-state index contributed by atoms with van der Waals surface area (Å²) in [5.41, 5.74) is 6.10. The van der Waals surface area contributed by atoms with Crippen LogP contribution in [-0.4, -0.2) is 93.6 Å². The fraction of sp³-hybridized carbons (Fsp3) is 0.857. The van der Waals surface area contributed by atoms with Crippen LogP contribution in [0.1, 0.15) is 87.0 Å². The molecule has 0 aromatic carbocycles. The third kappa shape index (κ3) is 21.8. The van der Waals surface area contributed by atoms with E-state index >= 15 is 0 Å². The number of hydrogen-bond donors (Lipinski definition) is 2. The predicted octanol–water partition coefficient (Wildman–Crippen LogP) is 2.97. The maximum absolute atomic E-state index is 12.5. The summed E-state index contributed by atoms with van der Waals surface area (Å²) in [4.78, 5) is 51.1. The summed E-state index contributed by atoms with van der Waals surface area (Å²) < 4.78 is 9.36. The highest BCUT2D eigenvalue weighted by atomic mass is 16.5. The van der Waals surface area contributed by atoms with Crippen molar-refractivity contribution in [3.63, 3.8) is 0 Å². The Hall–Kier alpha value is -2.20. The molecule has 10 nitrogen and oxygen atoms in total. The van der Waals surface area contributed by atoms with E-state index in [1.54, 1.807) is 23.9 Å². The number of unbranched alkanes of at least 4 members (excludes halogenated alkanes) is 3. The van der Waals surface area contributed by atoms with E-state index in [0.29, 0.717) is 25.0 Å². The van der Waals surface area contributed by atoms with Gasteiger partial charge in [-0.05, 0) is 23.7 Å². The first kappa shape index (κ1) is 37.9. The van der Waals surface area contributed by atoms with Crippen LogP contribution < -0.4 is 11.1 Å². The second kappa shape index (κ2) is 19.0. The number of ether oxygens (including phenoxy) is 2. The van der Waals surface area contributed by atoms with Crippen molar-refractivity contribution >= 4 is 23.8 Å². The van der Waals surface area contributed by atoms with Crippen molar-refractivity contribution in [3.05, 3.63) is 0 Å². The van der Waals surface area contributed by atoms with E-state index in [-0.39, 0.29) is 30.1 Å². The first-order valence-electron chi connectivity index (χ1n) is 13.4. The monoisotopic (exact) mass is 544 g/mol. The Bertz CT molecular complexity index is 709. The minimum absolute atomic E-state index is 0.0206. The first-order chi connectivity index (χ1) is 17.3. The lowest BCUT2D eigenvalue weighted by Crippen LogP contribution is -2.45. The Kier molecular flexibility index (Phi) is 18.9. The van der Waals surface area contributed by atoms with Crippen molar-refractivity contribution < 1.29 is 28.7 Å². The molecule has 0 fully saturated rings. The van der Waals surface area contributed by atoms with Gasteiger partial charge in [0.05, 0.1) is 27.1 Å². The van der Waals surface area contributed by atoms with Crippen molar-refractivity contribution in [3.8, 4) is 0 Å². The van der Waals surface area contributed by atoms with Gasteiger partial charge in [-0.25, -0.2) is 0 Å². The van der Waals surface area contributed by atoms with E-state index in [9.17, 15) is 19.2 Å². The molecule has 0 spiro atoms. The van der Waals surface area contributed by atoms with Gasteiger partial charge in [-0.1, -0.05) is 61.3 Å². The molecule has 2 atom stereocenters. The number of nitrogens with two attached hydrogens (primary N) is 1. The Morgan fingerprint density at radius 2 is 1.13 bits per heavy atom. The van der Waals surface area contributed by atoms with Gasteiger partial charge in [0.1, 0.15) is 12.1 Å². The fourth-order valence-electron chi connectivity index (χ4n) is 3.02. The highest BCUT2D eigenvalue weighted by Crippen LogP contribution is 2.12. The van der Waals surface area contributed by atoms with Gasteiger partial charge >= 0.3 is 11.9 Å². The van der Waals surface area contributed by atoms with Gasteiger partial charge in [-0.2, -0.15) is 0 Å². The molecule has 2 amide bonds. The number of nitrogens with zero attached hydrogens (tertiary/aromatic N) is 2. The predicted molar refractivity (Wildman–Crippen MR) is 151 cm³/mol. The largest absolute Gasteiger partial charge is 0.468 e. The third-order valence-corrected chi connectivity index (χ3v) is 5.23. The van der Waals surface area contributed by atoms with Crippen LogP contribution in [0.2, 0.25) is 0 Å². The first-order valence-corrected chi connectivity index (χ1v) is 13.4. The highest BCUT2D eigenvalue weighted by Gasteiger charge is 2.25. The standard InChI is InChI=1S/C23H44N4O6.C5H12/c1-23(2,3)16-25-18(22(31)33-7)15-20(29)27(5)13-11-9-8-10-12-26(4)19(28)14-17(24)21(30)32-6;1-5(2,3)4/h17-18,25H,8-16,24H2,1-7H3;1-4H3. The smallest absolute Gasteiger partial charge is 0.323 e. The molecule has 0 saturated carbocycles. The topological polar surface area (TPSA) is 131 Å². The summed E-state index contributed by atoms with van der Waals surface area (Å²) in [7, 11) is 5.98. The molecule has 3 N–H and O–H groups in total. The van der Waals surface area contributed by atoms with E-state index in [2.05, 4.69) is 37.7 Å². The van der Waals surface area contributed by atoms with E-state index in [4.69, 9.17) is 10.5 Å². The summed E-state index contributed by atoms with van der Waals surface area (Å²) in [6.45, 7) is 16.7. The van der Waals surface area contributed by atoms with Crippen molar-refractivity contribution in [1.82, 2.24) is 15.1 Å². The summed E-state index contributed by atoms with van der Waals surface area (Å²) >= 11 is 0. The van der Waals surface area contributed by atoms with Crippen molar-refractivity contribution in [2.24, 2.45) is 16.6 Å². The number of nitrogens with one attached hydrogen (secondary N) is 1. The fourth-order valence-corrected chi connectivity index (χ4v) is 3.02. The van der Waals surface area contributed by atoms with E-state index < -0.39 is 24.0 Å². The molecule has 0 aromatic heterocycles. The molecule has 0 radical (unpaired) electrons. The van der Waals surface area contributed by atoms with Crippen LogP contribution in [0.3, 0.4) is 0 Å². The summed E-state index contributed by atoms with van der Waals surface area (Å²) in [5, 5.41) is 3.13. The molecular formula is C28H56N4O6. The Morgan fingerprint density at radius 1 is 0.737 bits per heavy atom. The van der Waals surface area contributed by atoms with Gasteiger partial charge in [0.15, 0.2) is 0 Å². The molecular weight excluding hydrogens is 488 g/mol. The summed E-state index contributed by atoms with van der Waals surface area (Å²) in [6, 6.07) is -1.61. The van der Waals surface area contributed by atoms with Gasteiger partial charge in [-0.15, -0.1) is 0 Å². The average molecular weight is 545 g/mol. The second-order valence-corrected chi connectivity index (χ2v) is 12.6. The molecule has 0 rings (SSSR count). The number of methoxy groups -OCH3 is 2. The van der Waals surface area contributed by atoms with E-state index in [1.807, 2.05) is 20.8 Å². The SMILES string of the molecule is CC(C)(C)C.COC(=O)C(N)CC(=O)N(C)CCCCCCN(C)C(=O)CC(NCC(C)(C)C)C(=O)OC. The van der Waals surface area contributed by atoms with Gasteiger partial charge in [0.2, 0.25) is 11.8 Å². The molecule has 10 heteroatoms. The molecule has 0 saturated heterocycles. The molecule has 38 heavy (non-hydrogen) atoms. The molecule has 0 aliphatic heterocycles. The number of carbonyl (C=O) groups is 4. The van der Waals surface area contributed by atoms with Crippen molar-refractivity contribution in [2.75, 3.05) is 47.9 Å². The Labute approximate surface area is 231 Å². The third-order valence-electron chi connectivity index (χ3n) is 5.23. The highest BCUT2D eigenvalue weighted by molar-refractivity contribution is 5.85. The normalized spacial score (nSPS) is 12.9. The van der Waals surface area contributed by atoms with Crippen LogP contribution in [0.5, 0.6) is 0 Å². The Balaban J connectivity index is 0. The zero-order chi connectivity index (χ0) is 30.1. The maximum atomic E-state index is 12.5. The van der Waals surface area contributed by atoms with Crippen LogP contribution in [0.25, 0.3) is 0 Å². The van der Waals surface area contributed by atoms with Crippen LogP contribution >= 0.6 is 0 Å².